The molecule has 1 heterocycles. The molecule has 1 atom stereocenters. The molecule has 0 N–H and O–H groups in total. The van der Waals surface area contributed by atoms with Crippen LogP contribution in [-0.2, 0) is 4.79 Å². The van der Waals surface area contributed by atoms with Crippen molar-refractivity contribution in [3.05, 3.63) is 35.4 Å². The summed E-state index contributed by atoms with van der Waals surface area (Å²) in [7, 11) is 0. The van der Waals surface area contributed by atoms with Gasteiger partial charge in [0.25, 0.3) is 11.8 Å². The molecule has 0 aliphatic carbocycles. The van der Waals surface area contributed by atoms with Crippen LogP contribution in [0.25, 0.3) is 0 Å². The van der Waals surface area contributed by atoms with Crippen molar-refractivity contribution < 1.29 is 14.4 Å². The molecule has 0 saturated carbocycles. The standard InChI is InChI=1S/C12H10ClNO3/c1-2-9(10(13)15)14-11(16)7-5-3-4-6-8(7)12(14)17/h3-6,9H,2H2,1H3/t9-/m0/s1. The third-order valence-electron chi connectivity index (χ3n) is 2.79. The Labute approximate surface area is 103 Å². The third kappa shape index (κ3) is 1.74. The van der Waals surface area contributed by atoms with Crippen molar-refractivity contribution in [2.75, 3.05) is 0 Å². The maximum absolute atomic E-state index is 12.0. The van der Waals surface area contributed by atoms with E-state index < -0.39 is 23.1 Å². The summed E-state index contributed by atoms with van der Waals surface area (Å²) in [6.07, 6.45) is 0.313. The Morgan fingerprint density at radius 1 is 1.24 bits per heavy atom. The van der Waals surface area contributed by atoms with E-state index in [1.54, 1.807) is 31.2 Å². The van der Waals surface area contributed by atoms with E-state index in [0.717, 1.165) is 4.90 Å². The van der Waals surface area contributed by atoms with Crippen LogP contribution in [-0.4, -0.2) is 28.0 Å². The number of hydrogen-bond donors (Lipinski definition) is 0. The second-order valence-electron chi connectivity index (χ2n) is 3.75. The number of amides is 2. The summed E-state index contributed by atoms with van der Waals surface area (Å²) in [5.74, 6) is -0.905. The SMILES string of the molecule is CC[C@@H](C(=O)Cl)N1C(=O)c2ccccc2C1=O. The number of imide groups is 1. The number of benzene rings is 1. The minimum atomic E-state index is -0.885. The van der Waals surface area contributed by atoms with Crippen LogP contribution < -0.4 is 0 Å². The van der Waals surface area contributed by atoms with Crippen LogP contribution in [0, 0.1) is 0 Å². The molecule has 17 heavy (non-hydrogen) atoms. The maximum atomic E-state index is 12.0. The molecular formula is C12H10ClNO3. The van der Waals surface area contributed by atoms with Crippen LogP contribution in [0.15, 0.2) is 24.3 Å². The lowest BCUT2D eigenvalue weighted by molar-refractivity contribution is -0.115. The molecule has 0 radical (unpaired) electrons. The van der Waals surface area contributed by atoms with Crippen molar-refractivity contribution in [2.45, 2.75) is 19.4 Å². The monoisotopic (exact) mass is 251 g/mol. The van der Waals surface area contributed by atoms with Gasteiger partial charge in [0.15, 0.2) is 0 Å². The van der Waals surface area contributed by atoms with Crippen LogP contribution in [0.1, 0.15) is 34.1 Å². The molecule has 88 valence electrons. The quantitative estimate of drug-likeness (QED) is 0.608. The van der Waals surface area contributed by atoms with Crippen LogP contribution in [0.4, 0.5) is 0 Å². The molecule has 0 spiro atoms. The fourth-order valence-electron chi connectivity index (χ4n) is 1.94. The summed E-state index contributed by atoms with van der Waals surface area (Å²) < 4.78 is 0. The van der Waals surface area contributed by atoms with Crippen LogP contribution >= 0.6 is 11.6 Å². The zero-order chi connectivity index (χ0) is 12.6. The van der Waals surface area contributed by atoms with Gasteiger partial charge in [-0.2, -0.15) is 0 Å². The summed E-state index contributed by atoms with van der Waals surface area (Å²) in [5.41, 5.74) is 0.655. The van der Waals surface area contributed by atoms with Crippen LogP contribution in [0.5, 0.6) is 0 Å². The lowest BCUT2D eigenvalue weighted by Crippen LogP contribution is -2.42. The molecule has 1 aliphatic rings. The lowest BCUT2D eigenvalue weighted by atomic mass is 10.1. The second-order valence-corrected chi connectivity index (χ2v) is 4.13. The first-order valence-electron chi connectivity index (χ1n) is 5.24. The number of fused-ring (bicyclic) bond motifs is 1. The third-order valence-corrected chi connectivity index (χ3v) is 3.04. The molecule has 0 unspecified atom stereocenters. The predicted octanol–water partition coefficient (Wildman–Crippen LogP) is 1.83. The lowest BCUT2D eigenvalue weighted by Gasteiger charge is -2.21. The van der Waals surface area contributed by atoms with Crippen molar-refractivity contribution in [1.82, 2.24) is 4.90 Å². The minimum absolute atomic E-state index is 0.313. The van der Waals surface area contributed by atoms with Gasteiger partial charge in [-0.15, -0.1) is 0 Å². The summed E-state index contributed by atoms with van der Waals surface area (Å²) in [6.45, 7) is 1.70. The van der Waals surface area contributed by atoms with E-state index >= 15 is 0 Å². The number of nitrogens with zero attached hydrogens (tertiary/aromatic N) is 1. The van der Waals surface area contributed by atoms with Gasteiger partial charge >= 0.3 is 0 Å². The summed E-state index contributed by atoms with van der Waals surface area (Å²) in [6, 6.07) is 5.61. The van der Waals surface area contributed by atoms with E-state index in [0.29, 0.717) is 17.5 Å². The molecule has 5 heteroatoms. The van der Waals surface area contributed by atoms with Gasteiger partial charge in [0.2, 0.25) is 5.24 Å². The number of rotatable bonds is 3. The van der Waals surface area contributed by atoms with E-state index in [-0.39, 0.29) is 0 Å². The minimum Gasteiger partial charge on any atom is -0.279 e. The molecule has 0 bridgehead atoms. The van der Waals surface area contributed by atoms with E-state index in [1.165, 1.54) is 0 Å². The molecule has 2 amide bonds. The first kappa shape index (κ1) is 11.8. The highest BCUT2D eigenvalue weighted by Crippen LogP contribution is 2.26. The number of carbonyl (C=O) groups excluding carboxylic acids is 3. The normalized spacial score (nSPS) is 16.0. The van der Waals surface area contributed by atoms with Gasteiger partial charge in [-0.25, -0.2) is 0 Å². The molecule has 1 aromatic carbocycles. The zero-order valence-electron chi connectivity index (χ0n) is 9.14. The molecule has 0 aromatic heterocycles. The Hall–Kier alpha value is -1.68. The van der Waals surface area contributed by atoms with Gasteiger partial charge in [0.05, 0.1) is 11.1 Å². The second kappa shape index (κ2) is 4.30. The highest BCUT2D eigenvalue weighted by atomic mass is 35.5. The number of halogens is 1. The maximum Gasteiger partial charge on any atom is 0.262 e. The predicted molar refractivity (Wildman–Crippen MR) is 61.9 cm³/mol. The molecule has 1 aromatic rings. The fraction of sp³-hybridized carbons (Fsp3) is 0.250. The Balaban J connectivity index is 2.46. The first-order chi connectivity index (χ1) is 8.07. The highest BCUT2D eigenvalue weighted by Gasteiger charge is 2.41. The van der Waals surface area contributed by atoms with E-state index in [4.69, 9.17) is 11.6 Å². The molecule has 0 fully saturated rings. The van der Waals surface area contributed by atoms with Crippen molar-refractivity contribution in [3.63, 3.8) is 0 Å². The number of carbonyl (C=O) groups is 3. The average Bonchev–Trinajstić information content (AvgIpc) is 2.56. The Morgan fingerprint density at radius 3 is 2.06 bits per heavy atom. The van der Waals surface area contributed by atoms with Gasteiger partial charge < -0.3 is 0 Å². The van der Waals surface area contributed by atoms with Crippen molar-refractivity contribution in [1.29, 1.82) is 0 Å². The molecule has 4 nitrogen and oxygen atoms in total. The van der Waals surface area contributed by atoms with Crippen LogP contribution in [0.3, 0.4) is 0 Å². The van der Waals surface area contributed by atoms with Gasteiger partial charge in [-0.1, -0.05) is 19.1 Å². The van der Waals surface area contributed by atoms with E-state index in [2.05, 4.69) is 0 Å². The molecule has 2 rings (SSSR count). The first-order valence-corrected chi connectivity index (χ1v) is 5.62. The molecular weight excluding hydrogens is 242 g/mol. The average molecular weight is 252 g/mol. The van der Waals surface area contributed by atoms with Crippen molar-refractivity contribution in [3.8, 4) is 0 Å². The summed E-state index contributed by atoms with van der Waals surface area (Å²) in [5, 5.41) is -0.693. The Morgan fingerprint density at radius 2 is 1.71 bits per heavy atom. The topological polar surface area (TPSA) is 54.5 Å². The summed E-state index contributed by atoms with van der Waals surface area (Å²) >= 11 is 5.41. The summed E-state index contributed by atoms with van der Waals surface area (Å²) in [4.78, 5) is 36.2. The van der Waals surface area contributed by atoms with Crippen molar-refractivity contribution >= 4 is 28.7 Å². The fourth-order valence-corrected chi connectivity index (χ4v) is 2.19. The van der Waals surface area contributed by atoms with Crippen molar-refractivity contribution in [2.24, 2.45) is 0 Å². The van der Waals surface area contributed by atoms with Gasteiger partial charge in [0, 0.05) is 0 Å². The van der Waals surface area contributed by atoms with E-state index in [9.17, 15) is 14.4 Å². The largest absolute Gasteiger partial charge is 0.279 e. The van der Waals surface area contributed by atoms with E-state index in [1.807, 2.05) is 0 Å². The zero-order valence-corrected chi connectivity index (χ0v) is 9.90. The highest BCUT2D eigenvalue weighted by molar-refractivity contribution is 6.65. The Bertz CT molecular complexity index is 477. The molecule has 1 aliphatic heterocycles. The van der Waals surface area contributed by atoms with Gasteiger partial charge in [-0.05, 0) is 30.2 Å². The van der Waals surface area contributed by atoms with Gasteiger partial charge in [-0.3, -0.25) is 19.3 Å². The molecule has 0 saturated heterocycles. The smallest absolute Gasteiger partial charge is 0.262 e. The van der Waals surface area contributed by atoms with Crippen LogP contribution in [0.2, 0.25) is 0 Å². The Kier molecular flexibility index (Phi) is 2.98. The van der Waals surface area contributed by atoms with Gasteiger partial charge in [0.1, 0.15) is 6.04 Å². The number of hydrogen-bond acceptors (Lipinski definition) is 3.